The lowest BCUT2D eigenvalue weighted by Gasteiger charge is -1.99. The van der Waals surface area contributed by atoms with Gasteiger partial charge in [-0.15, -0.1) is 0 Å². The van der Waals surface area contributed by atoms with Gasteiger partial charge in [0.2, 0.25) is 0 Å². The van der Waals surface area contributed by atoms with Crippen molar-refractivity contribution in [2.24, 2.45) is 4.99 Å². The van der Waals surface area contributed by atoms with Crippen molar-refractivity contribution in [2.45, 2.75) is 6.92 Å². The van der Waals surface area contributed by atoms with Crippen LogP contribution in [0.5, 0.6) is 0 Å². The van der Waals surface area contributed by atoms with Gasteiger partial charge in [-0.3, -0.25) is 0 Å². The Morgan fingerprint density at radius 1 is 1.42 bits per heavy atom. The molecule has 0 aliphatic rings. The Balaban J connectivity index is 2.91. The lowest BCUT2D eigenvalue weighted by atomic mass is 10.1. The Labute approximate surface area is 118 Å². The van der Waals surface area contributed by atoms with Gasteiger partial charge in [0, 0.05) is 11.8 Å². The molecule has 0 aliphatic carbocycles. The van der Waals surface area contributed by atoms with Gasteiger partial charge in [0.05, 0.1) is 0 Å². The Morgan fingerprint density at radius 3 is 2.68 bits per heavy atom. The van der Waals surface area contributed by atoms with Gasteiger partial charge in [0.1, 0.15) is 11.0 Å². The zero-order valence-corrected chi connectivity index (χ0v) is 11.5. The van der Waals surface area contributed by atoms with Crippen LogP contribution in [-0.2, 0) is 0 Å². The largest absolute Gasteiger partial charge is 0.245 e. The number of benzene rings is 1. The predicted molar refractivity (Wildman–Crippen MR) is 82.8 cm³/mol. The van der Waals surface area contributed by atoms with E-state index in [-0.39, 0.29) is 11.0 Å². The van der Waals surface area contributed by atoms with Crippen LogP contribution in [0.4, 0.5) is 4.39 Å². The highest BCUT2D eigenvalue weighted by molar-refractivity contribution is 6.29. The van der Waals surface area contributed by atoms with Crippen molar-refractivity contribution in [3.05, 3.63) is 71.2 Å². The Bertz CT molecular complexity index is 568. The molecule has 0 N–H and O–H groups in total. The van der Waals surface area contributed by atoms with Gasteiger partial charge in [-0.05, 0) is 24.1 Å². The number of allylic oxidation sites excluding steroid dienone is 3. The molecule has 19 heavy (non-hydrogen) atoms. The van der Waals surface area contributed by atoms with Crippen LogP contribution in [0.25, 0.3) is 12.2 Å². The van der Waals surface area contributed by atoms with Crippen LogP contribution < -0.4 is 0 Å². The molecule has 0 bridgehead atoms. The van der Waals surface area contributed by atoms with Crippen molar-refractivity contribution in [1.29, 1.82) is 0 Å². The summed E-state index contributed by atoms with van der Waals surface area (Å²) < 4.78 is 13.7. The Kier molecular flexibility index (Phi) is 5.97. The lowest BCUT2D eigenvalue weighted by Crippen LogP contribution is -1.85. The van der Waals surface area contributed by atoms with Gasteiger partial charge in [-0.1, -0.05) is 61.2 Å². The molecule has 1 rings (SSSR count). The number of hydrogen-bond donors (Lipinski definition) is 0. The summed E-state index contributed by atoms with van der Waals surface area (Å²) in [5, 5.41) is 0.203. The van der Waals surface area contributed by atoms with E-state index in [1.807, 2.05) is 13.0 Å². The van der Waals surface area contributed by atoms with Gasteiger partial charge in [-0.25, -0.2) is 9.38 Å². The van der Waals surface area contributed by atoms with Crippen molar-refractivity contribution in [1.82, 2.24) is 0 Å². The molecule has 0 amide bonds. The molecule has 3 heteroatoms. The third-order valence-corrected chi connectivity index (χ3v) is 2.50. The zero-order valence-electron chi connectivity index (χ0n) is 10.7. The van der Waals surface area contributed by atoms with Crippen LogP contribution in [0.3, 0.4) is 0 Å². The van der Waals surface area contributed by atoms with E-state index < -0.39 is 0 Å². The molecule has 0 saturated carbocycles. The number of rotatable bonds is 5. The summed E-state index contributed by atoms with van der Waals surface area (Å²) in [6, 6.07) is 4.95. The minimum Gasteiger partial charge on any atom is -0.245 e. The third-order valence-electron chi connectivity index (χ3n) is 2.40. The van der Waals surface area contributed by atoms with Gasteiger partial charge in [0.25, 0.3) is 0 Å². The summed E-state index contributed by atoms with van der Waals surface area (Å²) in [4.78, 5) is 3.88. The third kappa shape index (κ3) is 5.06. The summed E-state index contributed by atoms with van der Waals surface area (Å²) in [6.45, 7) is 8.92. The molecule has 98 valence electrons. The molecule has 0 heterocycles. The monoisotopic (exact) mass is 275 g/mol. The van der Waals surface area contributed by atoms with E-state index in [1.165, 1.54) is 6.07 Å². The van der Waals surface area contributed by atoms with Crippen molar-refractivity contribution in [2.75, 3.05) is 0 Å². The van der Waals surface area contributed by atoms with E-state index in [0.29, 0.717) is 5.56 Å². The van der Waals surface area contributed by atoms with Gasteiger partial charge >= 0.3 is 0 Å². The first kappa shape index (κ1) is 15.1. The highest BCUT2D eigenvalue weighted by Crippen LogP contribution is 2.14. The second kappa shape index (κ2) is 7.49. The van der Waals surface area contributed by atoms with E-state index in [1.54, 1.807) is 36.6 Å². The molecule has 1 aromatic rings. The predicted octanol–water partition coefficient (Wildman–Crippen LogP) is 5.21. The first-order valence-electron chi connectivity index (χ1n) is 5.71. The summed E-state index contributed by atoms with van der Waals surface area (Å²) >= 11 is 5.54. The highest BCUT2D eigenvalue weighted by atomic mass is 35.5. The van der Waals surface area contributed by atoms with E-state index in [2.05, 4.69) is 18.2 Å². The Hall–Kier alpha value is -1.93. The average molecular weight is 276 g/mol. The number of hydrogen-bond acceptors (Lipinski definition) is 1. The number of aliphatic imine (C=N–C) groups is 1. The lowest BCUT2D eigenvalue weighted by molar-refractivity contribution is 0.625. The molecular formula is C16H15ClFN. The number of nitrogens with zero attached hydrogens (tertiary/aromatic N) is 1. The van der Waals surface area contributed by atoms with Crippen LogP contribution in [0.15, 0.2) is 59.2 Å². The second-order valence-corrected chi connectivity index (χ2v) is 4.18. The standard InChI is InChI=1S/C16H15ClFN/c1-4-13-6-8-15(16(18)10-13)9-7-14(5-2)11-19-12(3)17/h4-11H,1,3H2,2H3/b9-7-,14-5-,19-11-. The normalized spacial score (nSPS) is 12.3. The van der Waals surface area contributed by atoms with Gasteiger partial charge in [0.15, 0.2) is 0 Å². The fraction of sp³-hybridized carbons (Fsp3) is 0.0625. The summed E-state index contributed by atoms with van der Waals surface area (Å²) in [6.07, 6.45) is 8.46. The summed E-state index contributed by atoms with van der Waals surface area (Å²) in [5.41, 5.74) is 2.07. The molecule has 1 nitrogen and oxygen atoms in total. The molecule has 0 fully saturated rings. The smallest absolute Gasteiger partial charge is 0.131 e. The van der Waals surface area contributed by atoms with Crippen LogP contribution in [0.2, 0.25) is 0 Å². The van der Waals surface area contributed by atoms with E-state index in [9.17, 15) is 4.39 Å². The highest BCUT2D eigenvalue weighted by Gasteiger charge is 1.98. The number of halogens is 2. The van der Waals surface area contributed by atoms with E-state index in [4.69, 9.17) is 11.6 Å². The Morgan fingerprint density at radius 2 is 2.16 bits per heavy atom. The van der Waals surface area contributed by atoms with Crippen LogP contribution in [0, 0.1) is 5.82 Å². The van der Waals surface area contributed by atoms with E-state index in [0.717, 1.165) is 11.1 Å². The molecule has 0 unspecified atom stereocenters. The van der Waals surface area contributed by atoms with Crippen LogP contribution in [0.1, 0.15) is 18.1 Å². The zero-order chi connectivity index (χ0) is 14.3. The molecule has 0 spiro atoms. The van der Waals surface area contributed by atoms with Crippen LogP contribution >= 0.6 is 11.6 Å². The topological polar surface area (TPSA) is 12.4 Å². The second-order valence-electron chi connectivity index (χ2n) is 3.74. The maximum absolute atomic E-state index is 13.7. The molecule has 0 aliphatic heterocycles. The van der Waals surface area contributed by atoms with Crippen molar-refractivity contribution in [3.63, 3.8) is 0 Å². The first-order chi connectivity index (χ1) is 9.06. The van der Waals surface area contributed by atoms with Gasteiger partial charge < -0.3 is 0 Å². The molecule has 0 saturated heterocycles. The summed E-state index contributed by atoms with van der Waals surface area (Å²) in [5.74, 6) is -0.289. The fourth-order valence-corrected chi connectivity index (χ4v) is 1.40. The quantitative estimate of drug-likeness (QED) is 0.397. The molecule has 1 aromatic carbocycles. The SMILES string of the molecule is C=Cc1ccc(\C=C/C(/C=N\C(=C)Cl)=C/C)c(F)c1. The molecular weight excluding hydrogens is 261 g/mol. The molecule has 0 atom stereocenters. The summed E-state index contributed by atoms with van der Waals surface area (Å²) in [7, 11) is 0. The minimum absolute atomic E-state index is 0.203. The van der Waals surface area contributed by atoms with Crippen molar-refractivity contribution < 1.29 is 4.39 Å². The maximum atomic E-state index is 13.7. The van der Waals surface area contributed by atoms with E-state index >= 15 is 0 Å². The molecule has 0 radical (unpaired) electrons. The first-order valence-corrected chi connectivity index (χ1v) is 6.09. The van der Waals surface area contributed by atoms with Crippen molar-refractivity contribution in [3.8, 4) is 0 Å². The minimum atomic E-state index is -0.289. The fourth-order valence-electron chi connectivity index (χ4n) is 1.35. The van der Waals surface area contributed by atoms with Crippen LogP contribution in [-0.4, -0.2) is 6.21 Å². The maximum Gasteiger partial charge on any atom is 0.131 e. The van der Waals surface area contributed by atoms with Crippen molar-refractivity contribution >= 4 is 30.0 Å². The molecule has 0 aromatic heterocycles. The average Bonchev–Trinajstić information content (AvgIpc) is 2.39. The van der Waals surface area contributed by atoms with Gasteiger partial charge in [-0.2, -0.15) is 0 Å².